The van der Waals surface area contributed by atoms with Gasteiger partial charge in [0.05, 0.1) is 0 Å². The van der Waals surface area contributed by atoms with Crippen molar-refractivity contribution in [2.45, 2.75) is 25.9 Å². The van der Waals surface area contributed by atoms with E-state index in [1.807, 2.05) is 66.1 Å². The van der Waals surface area contributed by atoms with Crippen molar-refractivity contribution in [1.82, 2.24) is 19.6 Å². The zero-order valence-corrected chi connectivity index (χ0v) is 14.4. The molecule has 0 bridgehead atoms. The summed E-state index contributed by atoms with van der Waals surface area (Å²) in [6.07, 6.45) is 4.60. The number of carbonyl (C=O) groups excluding carboxylic acids is 1. The van der Waals surface area contributed by atoms with Crippen LogP contribution in [0.4, 0.5) is 0 Å². The molecule has 124 valence electrons. The predicted molar refractivity (Wildman–Crippen MR) is 92.1 cm³/mol. The topological polar surface area (TPSA) is 41.4 Å². The van der Waals surface area contributed by atoms with Gasteiger partial charge >= 0.3 is 0 Å². The maximum absolute atomic E-state index is 12.9. The van der Waals surface area contributed by atoms with Gasteiger partial charge in [-0.25, -0.2) is 0 Å². The average molecular weight is 314 g/mol. The Morgan fingerprint density at radius 3 is 2.57 bits per heavy atom. The van der Waals surface area contributed by atoms with Crippen LogP contribution in [0.25, 0.3) is 0 Å². The molecule has 0 saturated carbocycles. The molecule has 1 aromatic heterocycles. The summed E-state index contributed by atoms with van der Waals surface area (Å²) in [4.78, 5) is 16.7. The van der Waals surface area contributed by atoms with Crippen LogP contribution in [0.5, 0.6) is 0 Å². The largest absolute Gasteiger partial charge is 0.344 e. The van der Waals surface area contributed by atoms with Crippen LogP contribution in [0.3, 0.4) is 0 Å². The van der Waals surface area contributed by atoms with Crippen molar-refractivity contribution in [3.05, 3.63) is 53.9 Å². The minimum absolute atomic E-state index is 0.129. The third kappa shape index (κ3) is 4.42. The normalized spacial score (nSPS) is 12.4. The number of amides is 1. The first-order valence-corrected chi connectivity index (χ1v) is 7.95. The molecule has 2 rings (SSSR count). The fourth-order valence-electron chi connectivity index (χ4n) is 2.75. The van der Waals surface area contributed by atoms with Gasteiger partial charge < -0.3 is 4.90 Å². The summed E-state index contributed by atoms with van der Waals surface area (Å²) in [5.41, 5.74) is 2.21. The number of benzene rings is 1. The summed E-state index contributed by atoms with van der Waals surface area (Å²) in [5.74, 6) is 0.129. The van der Waals surface area contributed by atoms with E-state index in [1.165, 1.54) is 0 Å². The van der Waals surface area contributed by atoms with Crippen LogP contribution in [-0.2, 0) is 11.3 Å². The van der Waals surface area contributed by atoms with Crippen LogP contribution in [0.15, 0.2) is 42.7 Å². The number of rotatable bonds is 7. The van der Waals surface area contributed by atoms with Crippen molar-refractivity contribution in [3.63, 3.8) is 0 Å². The predicted octanol–water partition coefficient (Wildman–Crippen LogP) is 2.34. The van der Waals surface area contributed by atoms with E-state index in [0.29, 0.717) is 0 Å². The van der Waals surface area contributed by atoms with E-state index in [2.05, 4.69) is 18.1 Å². The first kappa shape index (κ1) is 17.2. The summed E-state index contributed by atoms with van der Waals surface area (Å²) in [6.45, 7) is 3.59. The van der Waals surface area contributed by atoms with E-state index in [0.717, 1.165) is 30.6 Å². The maximum atomic E-state index is 12.9. The van der Waals surface area contributed by atoms with Crippen molar-refractivity contribution >= 4 is 5.91 Å². The maximum Gasteiger partial charge on any atom is 0.244 e. The molecule has 0 saturated heterocycles. The van der Waals surface area contributed by atoms with Gasteiger partial charge in [-0.3, -0.25) is 14.4 Å². The van der Waals surface area contributed by atoms with Crippen molar-refractivity contribution < 1.29 is 4.79 Å². The van der Waals surface area contributed by atoms with Gasteiger partial charge in [-0.1, -0.05) is 24.3 Å². The first-order valence-electron chi connectivity index (χ1n) is 7.95. The third-order valence-electron chi connectivity index (χ3n) is 4.05. The highest BCUT2D eigenvalue weighted by Gasteiger charge is 2.26. The van der Waals surface area contributed by atoms with Crippen LogP contribution < -0.4 is 0 Å². The van der Waals surface area contributed by atoms with Crippen molar-refractivity contribution in [2.24, 2.45) is 0 Å². The molecule has 0 aliphatic rings. The average Bonchev–Trinajstić information content (AvgIpc) is 3.02. The summed E-state index contributed by atoms with van der Waals surface area (Å²) >= 11 is 0. The van der Waals surface area contributed by atoms with Crippen LogP contribution in [-0.4, -0.2) is 53.2 Å². The fraction of sp³-hybridized carbons (Fsp3) is 0.444. The van der Waals surface area contributed by atoms with E-state index >= 15 is 0 Å². The molecule has 1 atom stereocenters. The standard InChI is InChI=1S/C18H26N4O/c1-15-9-5-6-10-16(15)17(20(2)3)18(23)21(4)12-8-14-22-13-7-11-19-22/h5-7,9-11,13,17H,8,12,14H2,1-4H3/t17-/m0/s1. The summed E-state index contributed by atoms with van der Waals surface area (Å²) in [6, 6.07) is 9.75. The third-order valence-corrected chi connectivity index (χ3v) is 4.05. The molecule has 0 aliphatic carbocycles. The lowest BCUT2D eigenvalue weighted by Gasteiger charge is -2.29. The van der Waals surface area contributed by atoms with Gasteiger partial charge in [-0.15, -0.1) is 0 Å². The lowest BCUT2D eigenvalue weighted by atomic mass is 9.99. The Morgan fingerprint density at radius 1 is 1.22 bits per heavy atom. The van der Waals surface area contributed by atoms with E-state index in [1.54, 1.807) is 6.20 Å². The molecule has 0 fully saturated rings. The number of hydrogen-bond donors (Lipinski definition) is 0. The molecule has 0 N–H and O–H groups in total. The van der Waals surface area contributed by atoms with Gasteiger partial charge in [0.15, 0.2) is 0 Å². The zero-order valence-electron chi connectivity index (χ0n) is 14.4. The van der Waals surface area contributed by atoms with E-state index < -0.39 is 0 Å². The number of aryl methyl sites for hydroxylation is 2. The summed E-state index contributed by atoms with van der Waals surface area (Å²) in [7, 11) is 5.78. The molecular formula is C18H26N4O. The Labute approximate surface area is 138 Å². The number of hydrogen-bond acceptors (Lipinski definition) is 3. The number of aromatic nitrogens is 2. The van der Waals surface area contributed by atoms with E-state index in [4.69, 9.17) is 0 Å². The molecular weight excluding hydrogens is 288 g/mol. The SMILES string of the molecule is Cc1ccccc1[C@@H](C(=O)N(C)CCCn1cccn1)N(C)C. The molecule has 2 aromatic rings. The molecule has 0 aliphatic heterocycles. The lowest BCUT2D eigenvalue weighted by molar-refractivity contribution is -0.135. The molecule has 5 heteroatoms. The molecule has 23 heavy (non-hydrogen) atoms. The Morgan fingerprint density at radius 2 is 1.96 bits per heavy atom. The molecule has 1 amide bonds. The highest BCUT2D eigenvalue weighted by atomic mass is 16.2. The monoisotopic (exact) mass is 314 g/mol. The van der Waals surface area contributed by atoms with Gasteiger partial charge in [0.25, 0.3) is 0 Å². The highest BCUT2D eigenvalue weighted by molar-refractivity contribution is 5.83. The highest BCUT2D eigenvalue weighted by Crippen LogP contribution is 2.23. The number of nitrogens with zero attached hydrogens (tertiary/aromatic N) is 4. The Hall–Kier alpha value is -2.14. The molecule has 1 aromatic carbocycles. The van der Waals surface area contributed by atoms with Crippen molar-refractivity contribution in [3.8, 4) is 0 Å². The second kappa shape index (κ2) is 7.92. The molecule has 5 nitrogen and oxygen atoms in total. The van der Waals surface area contributed by atoms with Crippen molar-refractivity contribution in [2.75, 3.05) is 27.7 Å². The van der Waals surface area contributed by atoms with E-state index in [-0.39, 0.29) is 11.9 Å². The van der Waals surface area contributed by atoms with E-state index in [9.17, 15) is 4.79 Å². The second-order valence-corrected chi connectivity index (χ2v) is 6.11. The van der Waals surface area contributed by atoms with Crippen LogP contribution in [0, 0.1) is 6.92 Å². The van der Waals surface area contributed by atoms with Gasteiger partial charge in [-0.05, 0) is 44.6 Å². The molecule has 1 heterocycles. The lowest BCUT2D eigenvalue weighted by Crippen LogP contribution is -2.39. The van der Waals surface area contributed by atoms with Crippen LogP contribution in [0.2, 0.25) is 0 Å². The van der Waals surface area contributed by atoms with Crippen LogP contribution in [0.1, 0.15) is 23.6 Å². The number of carbonyl (C=O) groups is 1. The van der Waals surface area contributed by atoms with Crippen LogP contribution >= 0.6 is 0 Å². The minimum atomic E-state index is -0.245. The second-order valence-electron chi connectivity index (χ2n) is 6.11. The van der Waals surface area contributed by atoms with Gasteiger partial charge in [0, 0.05) is 32.5 Å². The van der Waals surface area contributed by atoms with Crippen molar-refractivity contribution in [1.29, 1.82) is 0 Å². The van der Waals surface area contributed by atoms with Gasteiger partial charge in [0.1, 0.15) is 6.04 Å². The Bertz CT molecular complexity index is 622. The smallest absolute Gasteiger partial charge is 0.244 e. The molecule has 0 radical (unpaired) electrons. The summed E-state index contributed by atoms with van der Waals surface area (Å²) in [5, 5.41) is 4.19. The fourth-order valence-corrected chi connectivity index (χ4v) is 2.75. The Balaban J connectivity index is 2.01. The zero-order chi connectivity index (χ0) is 16.8. The summed E-state index contributed by atoms with van der Waals surface area (Å²) < 4.78 is 1.89. The molecule has 0 spiro atoms. The van der Waals surface area contributed by atoms with Gasteiger partial charge in [0.2, 0.25) is 5.91 Å². The Kier molecular flexibility index (Phi) is 5.93. The quantitative estimate of drug-likeness (QED) is 0.788. The first-order chi connectivity index (χ1) is 11.0. The minimum Gasteiger partial charge on any atom is -0.344 e. The molecule has 0 unspecified atom stereocenters. The number of likely N-dealkylation sites (N-methyl/N-ethyl adjacent to an activating group) is 2. The van der Waals surface area contributed by atoms with Gasteiger partial charge in [-0.2, -0.15) is 5.10 Å².